The third-order valence-electron chi connectivity index (χ3n) is 9.45. The number of aryl methyl sites for hydroxylation is 2. The van der Waals surface area contributed by atoms with E-state index in [1.807, 2.05) is 39.0 Å². The SMILES string of the molecule is CCC1Cc2cc3[n-]c(cc4nc(c5c6[n-]c(cc1n2)c(C)c6C(=O)[C@@H]5C(=O)OC)C(CCC(=O)O)[C@@H]4C)c(C)c3C(C)=O.[Pd+2]. The first kappa shape index (κ1) is 32.5. The molecule has 3 aromatic rings. The zero-order valence-corrected chi connectivity index (χ0v) is 27.5. The Bertz CT molecular complexity index is 1940. The summed E-state index contributed by atoms with van der Waals surface area (Å²) in [6.07, 6.45) is 1.63. The van der Waals surface area contributed by atoms with Gasteiger partial charge in [0.1, 0.15) is 5.92 Å². The second-order valence-corrected chi connectivity index (χ2v) is 12.0. The number of carbonyl (C=O) groups excluding carboxylic acids is 3. The van der Waals surface area contributed by atoms with Crippen molar-refractivity contribution in [3.63, 3.8) is 0 Å². The zero-order chi connectivity index (χ0) is 31.6. The maximum atomic E-state index is 13.9. The summed E-state index contributed by atoms with van der Waals surface area (Å²) in [6.45, 7) is 9.23. The normalized spacial score (nSPS) is 20.2. The van der Waals surface area contributed by atoms with Gasteiger partial charge in [0.05, 0.1) is 7.11 Å². The van der Waals surface area contributed by atoms with Crippen LogP contribution < -0.4 is 9.97 Å². The molecule has 0 aromatic carbocycles. The predicted molar refractivity (Wildman–Crippen MR) is 162 cm³/mol. The molecule has 0 fully saturated rings. The van der Waals surface area contributed by atoms with Crippen LogP contribution in [0, 0.1) is 13.8 Å². The van der Waals surface area contributed by atoms with Gasteiger partial charge in [0, 0.05) is 58.1 Å². The van der Waals surface area contributed by atoms with Crippen LogP contribution in [0.1, 0.15) is 124 Å². The van der Waals surface area contributed by atoms with Crippen molar-refractivity contribution in [1.29, 1.82) is 0 Å². The van der Waals surface area contributed by atoms with E-state index in [2.05, 4.69) is 6.92 Å². The predicted octanol–water partition coefficient (Wildman–Crippen LogP) is 5.33. The standard InChI is InChI=1S/C34H36N4O6.Pd/c1-7-18-10-19-11-25-27(17(5)39)15(3)22(36-25)12-21-14(2)20(8-9-26(40)41)31(37-21)29-30(34(43)44-6)33(42)28-16(4)23(38-32(28)29)13-24(18)35-19;/h11-14,18,20,30H,7-10H2,1-6H3,(H3,35,36,37,38,39,40,41,42);/q;+2/p-2/t14-,18?,20?,30+;/m0./s1. The monoisotopic (exact) mass is 700 g/mol. The molecule has 4 atom stereocenters. The topological polar surface area (TPSA) is 152 Å². The van der Waals surface area contributed by atoms with E-state index in [0.717, 1.165) is 23.4 Å². The summed E-state index contributed by atoms with van der Waals surface area (Å²) in [6, 6.07) is 5.61. The molecular formula is C34H34N4O6Pd. The summed E-state index contributed by atoms with van der Waals surface area (Å²) in [4.78, 5) is 71.3. The van der Waals surface area contributed by atoms with Crippen molar-refractivity contribution in [3.8, 4) is 0 Å². The second-order valence-electron chi connectivity index (χ2n) is 12.0. The minimum absolute atomic E-state index is 0. The van der Waals surface area contributed by atoms with E-state index in [0.29, 0.717) is 62.1 Å². The Hall–Kier alpha value is -3.94. The molecule has 3 aliphatic rings. The van der Waals surface area contributed by atoms with E-state index in [-0.39, 0.29) is 50.9 Å². The number of hydrogen-bond donors (Lipinski definition) is 1. The largest absolute Gasteiger partial charge is 2.00 e. The molecule has 236 valence electrons. The first-order valence-electron chi connectivity index (χ1n) is 15.0. The Morgan fingerprint density at radius 2 is 1.71 bits per heavy atom. The number of carboxylic acid groups (broad SMARTS) is 1. The third-order valence-corrected chi connectivity index (χ3v) is 9.45. The number of hydrogen-bond acceptors (Lipinski definition) is 7. The molecule has 2 aliphatic heterocycles. The molecule has 6 rings (SSSR count). The molecule has 0 radical (unpaired) electrons. The van der Waals surface area contributed by atoms with Crippen molar-refractivity contribution in [2.75, 3.05) is 7.11 Å². The van der Waals surface area contributed by atoms with Gasteiger partial charge >= 0.3 is 32.4 Å². The van der Waals surface area contributed by atoms with Crippen LogP contribution >= 0.6 is 0 Å². The quantitative estimate of drug-likeness (QED) is 0.155. The molecule has 45 heavy (non-hydrogen) atoms. The Labute approximate surface area is 274 Å². The Balaban J connectivity index is 0.00000400. The average Bonchev–Trinajstić information content (AvgIpc) is 3.73. The van der Waals surface area contributed by atoms with Crippen LogP contribution in [0.15, 0.2) is 18.2 Å². The van der Waals surface area contributed by atoms with Gasteiger partial charge in [-0.2, -0.15) is 0 Å². The van der Waals surface area contributed by atoms with Crippen LogP contribution in [0.25, 0.3) is 22.1 Å². The van der Waals surface area contributed by atoms with Gasteiger partial charge in [-0.3, -0.25) is 29.1 Å². The molecule has 1 N–H and O–H groups in total. The summed E-state index contributed by atoms with van der Waals surface area (Å²) in [5.41, 5.74) is 7.46. The first-order chi connectivity index (χ1) is 20.9. The maximum absolute atomic E-state index is 13.9. The molecule has 2 unspecified atom stereocenters. The van der Waals surface area contributed by atoms with E-state index in [1.165, 1.54) is 14.0 Å². The van der Waals surface area contributed by atoms with Gasteiger partial charge < -0.3 is 19.8 Å². The van der Waals surface area contributed by atoms with Crippen molar-refractivity contribution in [2.24, 2.45) is 0 Å². The van der Waals surface area contributed by atoms with Gasteiger partial charge in [0.15, 0.2) is 11.6 Å². The Morgan fingerprint density at radius 1 is 1.02 bits per heavy atom. The summed E-state index contributed by atoms with van der Waals surface area (Å²) in [7, 11) is 1.24. The number of carbonyl (C=O) groups is 4. The molecule has 0 saturated heterocycles. The van der Waals surface area contributed by atoms with Gasteiger partial charge in [0.25, 0.3) is 0 Å². The summed E-state index contributed by atoms with van der Waals surface area (Å²) in [5, 5.41) is 9.57. The van der Waals surface area contributed by atoms with Gasteiger partial charge in [-0.1, -0.05) is 43.2 Å². The van der Waals surface area contributed by atoms with E-state index in [9.17, 15) is 24.3 Å². The fraction of sp³-hybridized carbons (Fsp3) is 0.412. The Kier molecular flexibility index (Phi) is 8.73. The molecule has 11 heteroatoms. The molecule has 3 aromatic heterocycles. The number of carboxylic acids is 1. The zero-order valence-electron chi connectivity index (χ0n) is 26.0. The number of methoxy groups -OCH3 is 1. The summed E-state index contributed by atoms with van der Waals surface area (Å²) < 4.78 is 5.10. The van der Waals surface area contributed by atoms with Gasteiger partial charge in [-0.15, -0.1) is 22.1 Å². The van der Waals surface area contributed by atoms with Crippen molar-refractivity contribution in [1.82, 2.24) is 19.9 Å². The number of ketones is 2. The summed E-state index contributed by atoms with van der Waals surface area (Å²) >= 11 is 0. The minimum atomic E-state index is -1.25. The van der Waals surface area contributed by atoms with Gasteiger partial charge in [-0.05, 0) is 45.6 Å². The van der Waals surface area contributed by atoms with Crippen molar-refractivity contribution < 1.29 is 49.4 Å². The van der Waals surface area contributed by atoms with Crippen LogP contribution in [-0.2, 0) is 41.2 Å². The number of Topliss-reactive ketones (excluding diaryl/α,β-unsaturated/α-hetero) is 2. The van der Waals surface area contributed by atoms with Crippen molar-refractivity contribution in [3.05, 3.63) is 68.8 Å². The first-order valence-corrected chi connectivity index (χ1v) is 15.0. The van der Waals surface area contributed by atoms with Crippen LogP contribution in [0.3, 0.4) is 0 Å². The second kappa shape index (κ2) is 12.1. The van der Waals surface area contributed by atoms with Crippen molar-refractivity contribution >= 4 is 45.6 Å². The minimum Gasteiger partial charge on any atom is -0.657 e. The molecular weight excluding hydrogens is 667 g/mol. The summed E-state index contributed by atoms with van der Waals surface area (Å²) in [5.74, 6) is -3.98. The molecule has 0 amide bonds. The van der Waals surface area contributed by atoms with Gasteiger partial charge in [-0.25, -0.2) is 0 Å². The number of rotatable bonds is 6. The van der Waals surface area contributed by atoms with Crippen LogP contribution in [0.4, 0.5) is 0 Å². The number of nitrogens with zero attached hydrogens (tertiary/aromatic N) is 4. The average molecular weight is 701 g/mol. The van der Waals surface area contributed by atoms with Crippen LogP contribution in [0.2, 0.25) is 0 Å². The number of fused-ring (bicyclic) bond motifs is 8. The molecule has 0 spiro atoms. The van der Waals surface area contributed by atoms with Crippen molar-refractivity contribution in [2.45, 2.75) is 84.0 Å². The fourth-order valence-electron chi connectivity index (χ4n) is 7.05. The third kappa shape index (κ3) is 5.26. The Morgan fingerprint density at radius 3 is 2.36 bits per heavy atom. The number of aromatic nitrogens is 4. The molecule has 1 aliphatic carbocycles. The molecule has 10 nitrogen and oxygen atoms in total. The molecule has 0 saturated carbocycles. The van der Waals surface area contributed by atoms with E-state index in [1.54, 1.807) is 0 Å². The number of esters is 1. The van der Waals surface area contributed by atoms with Gasteiger partial charge in [0.2, 0.25) is 0 Å². The van der Waals surface area contributed by atoms with E-state index >= 15 is 0 Å². The van der Waals surface area contributed by atoms with E-state index < -0.39 is 29.6 Å². The van der Waals surface area contributed by atoms with Crippen LogP contribution in [-0.4, -0.2) is 45.7 Å². The fourth-order valence-corrected chi connectivity index (χ4v) is 7.05. The smallest absolute Gasteiger partial charge is 0.657 e. The molecule has 5 heterocycles. The van der Waals surface area contributed by atoms with E-state index in [4.69, 9.17) is 24.7 Å². The maximum Gasteiger partial charge on any atom is 2.00 e. The van der Waals surface area contributed by atoms with Crippen LogP contribution in [0.5, 0.6) is 0 Å². The number of ether oxygens (including phenoxy) is 1. The molecule has 8 bridgehead atoms. The number of aliphatic carboxylic acids is 1.